The van der Waals surface area contributed by atoms with Gasteiger partial charge in [-0.05, 0) is 48.4 Å². The second kappa shape index (κ2) is 7.44. The third kappa shape index (κ3) is 4.11. The van der Waals surface area contributed by atoms with E-state index in [2.05, 4.69) is 10.4 Å². The van der Waals surface area contributed by atoms with Gasteiger partial charge in [-0.1, -0.05) is 18.2 Å². The number of nitrogens with two attached hydrogens (primary N) is 1. The van der Waals surface area contributed by atoms with E-state index >= 15 is 0 Å². The molecule has 6 nitrogen and oxygen atoms in total. The minimum Gasteiger partial charge on any atom is -0.366 e. The Morgan fingerprint density at radius 3 is 2.48 bits per heavy atom. The Morgan fingerprint density at radius 1 is 1.04 bits per heavy atom. The zero-order chi connectivity index (χ0) is 17.6. The van der Waals surface area contributed by atoms with Gasteiger partial charge in [0.05, 0.1) is 5.69 Å². The van der Waals surface area contributed by atoms with Crippen molar-refractivity contribution < 1.29 is 9.59 Å². The van der Waals surface area contributed by atoms with Crippen molar-refractivity contribution in [3.8, 4) is 5.69 Å². The van der Waals surface area contributed by atoms with E-state index in [1.807, 2.05) is 36.5 Å². The van der Waals surface area contributed by atoms with E-state index in [0.29, 0.717) is 24.1 Å². The molecule has 2 aromatic carbocycles. The van der Waals surface area contributed by atoms with E-state index in [1.54, 1.807) is 29.1 Å². The van der Waals surface area contributed by atoms with Gasteiger partial charge >= 0.3 is 0 Å². The van der Waals surface area contributed by atoms with Crippen LogP contribution in [0, 0.1) is 0 Å². The quantitative estimate of drug-likeness (QED) is 0.722. The number of benzene rings is 2. The van der Waals surface area contributed by atoms with Crippen molar-refractivity contribution >= 4 is 11.8 Å². The molecule has 0 saturated carbocycles. The first-order valence-corrected chi connectivity index (χ1v) is 7.90. The fourth-order valence-electron chi connectivity index (χ4n) is 2.47. The lowest BCUT2D eigenvalue weighted by atomic mass is 10.1. The normalized spacial score (nSPS) is 10.4. The molecule has 126 valence electrons. The van der Waals surface area contributed by atoms with Crippen LogP contribution in [0.1, 0.15) is 26.3 Å². The van der Waals surface area contributed by atoms with Crippen molar-refractivity contribution in [2.24, 2.45) is 5.73 Å². The molecule has 0 unspecified atom stereocenters. The molecule has 3 rings (SSSR count). The van der Waals surface area contributed by atoms with Crippen LogP contribution >= 0.6 is 0 Å². The van der Waals surface area contributed by atoms with Crippen molar-refractivity contribution in [1.82, 2.24) is 15.1 Å². The Bertz CT molecular complexity index is 871. The molecule has 0 aliphatic rings. The molecule has 0 fully saturated rings. The lowest BCUT2D eigenvalue weighted by molar-refractivity contribution is 0.0954. The van der Waals surface area contributed by atoms with Crippen LogP contribution in [0.5, 0.6) is 0 Å². The summed E-state index contributed by atoms with van der Waals surface area (Å²) in [4.78, 5) is 23.3. The number of hydrogen-bond acceptors (Lipinski definition) is 3. The van der Waals surface area contributed by atoms with Crippen molar-refractivity contribution in [3.63, 3.8) is 0 Å². The summed E-state index contributed by atoms with van der Waals surface area (Å²) in [6.45, 7) is 0.501. The molecule has 0 bridgehead atoms. The summed E-state index contributed by atoms with van der Waals surface area (Å²) in [5, 5.41) is 7.03. The average molecular weight is 334 g/mol. The highest BCUT2D eigenvalue weighted by atomic mass is 16.2. The van der Waals surface area contributed by atoms with E-state index < -0.39 is 5.91 Å². The molecular formula is C19H18N4O2. The summed E-state index contributed by atoms with van der Waals surface area (Å²) in [5.74, 6) is -0.775. The maximum atomic E-state index is 12.1. The minimum absolute atomic E-state index is 0.226. The van der Waals surface area contributed by atoms with Gasteiger partial charge in [0.1, 0.15) is 0 Å². The molecule has 0 aliphatic carbocycles. The Labute approximate surface area is 145 Å². The largest absolute Gasteiger partial charge is 0.366 e. The van der Waals surface area contributed by atoms with Gasteiger partial charge in [-0.25, -0.2) is 4.68 Å². The number of carbonyl (C=O) groups excluding carboxylic acids is 2. The summed E-state index contributed by atoms with van der Waals surface area (Å²) < 4.78 is 1.79. The van der Waals surface area contributed by atoms with Gasteiger partial charge in [-0.15, -0.1) is 0 Å². The van der Waals surface area contributed by atoms with E-state index in [4.69, 9.17) is 5.73 Å². The first-order valence-electron chi connectivity index (χ1n) is 7.90. The lowest BCUT2D eigenvalue weighted by Gasteiger charge is -2.07. The summed E-state index contributed by atoms with van der Waals surface area (Å²) >= 11 is 0. The Kier molecular flexibility index (Phi) is 4.89. The standard InChI is InChI=1S/C19H18N4O2/c20-18(24)15-3-1-4-16(13-15)19(25)21-11-9-14-5-7-17(8-6-14)23-12-2-10-22-23/h1-8,10,12-13H,9,11H2,(H2,20,24)(H,21,25). The molecular weight excluding hydrogens is 316 g/mol. The predicted molar refractivity (Wildman–Crippen MR) is 94.6 cm³/mol. The number of nitrogens with zero attached hydrogens (tertiary/aromatic N) is 2. The van der Waals surface area contributed by atoms with Crippen molar-refractivity contribution in [2.45, 2.75) is 6.42 Å². The van der Waals surface area contributed by atoms with Crippen molar-refractivity contribution in [3.05, 3.63) is 83.7 Å². The summed E-state index contributed by atoms with van der Waals surface area (Å²) in [7, 11) is 0. The average Bonchev–Trinajstić information content (AvgIpc) is 3.17. The first-order chi connectivity index (χ1) is 12.1. The van der Waals surface area contributed by atoms with Crippen LogP contribution in [0.15, 0.2) is 67.0 Å². The molecule has 6 heteroatoms. The van der Waals surface area contributed by atoms with Crippen LogP contribution in [-0.4, -0.2) is 28.1 Å². The fraction of sp³-hybridized carbons (Fsp3) is 0.105. The van der Waals surface area contributed by atoms with Gasteiger partial charge in [-0.3, -0.25) is 9.59 Å². The topological polar surface area (TPSA) is 90.0 Å². The van der Waals surface area contributed by atoms with E-state index in [-0.39, 0.29) is 5.91 Å². The predicted octanol–water partition coefficient (Wildman–Crippen LogP) is 1.94. The second-order valence-corrected chi connectivity index (χ2v) is 5.57. The number of aromatic nitrogens is 2. The van der Waals surface area contributed by atoms with E-state index in [1.165, 1.54) is 6.07 Å². The third-order valence-corrected chi connectivity index (χ3v) is 3.81. The van der Waals surface area contributed by atoms with Crippen LogP contribution in [-0.2, 0) is 6.42 Å². The van der Waals surface area contributed by atoms with Crippen LogP contribution in [0.25, 0.3) is 5.69 Å². The maximum Gasteiger partial charge on any atom is 0.251 e. The van der Waals surface area contributed by atoms with Crippen molar-refractivity contribution in [1.29, 1.82) is 0 Å². The molecule has 1 aromatic heterocycles. The molecule has 25 heavy (non-hydrogen) atoms. The molecule has 0 saturated heterocycles. The molecule has 1 heterocycles. The number of rotatable bonds is 6. The van der Waals surface area contributed by atoms with Crippen LogP contribution in [0.2, 0.25) is 0 Å². The first kappa shape index (κ1) is 16.4. The highest BCUT2D eigenvalue weighted by Crippen LogP contribution is 2.09. The third-order valence-electron chi connectivity index (χ3n) is 3.81. The van der Waals surface area contributed by atoms with Crippen LogP contribution in [0.4, 0.5) is 0 Å². The maximum absolute atomic E-state index is 12.1. The molecule has 0 atom stereocenters. The molecule has 0 spiro atoms. The van der Waals surface area contributed by atoms with Crippen LogP contribution < -0.4 is 11.1 Å². The van der Waals surface area contributed by atoms with E-state index in [9.17, 15) is 9.59 Å². The Balaban J connectivity index is 1.55. The summed E-state index contributed by atoms with van der Waals surface area (Å²) in [6, 6.07) is 16.2. The summed E-state index contributed by atoms with van der Waals surface area (Å²) in [6.07, 6.45) is 4.33. The monoisotopic (exact) mass is 334 g/mol. The number of carbonyl (C=O) groups is 2. The van der Waals surface area contributed by atoms with E-state index in [0.717, 1.165) is 11.3 Å². The zero-order valence-corrected chi connectivity index (χ0v) is 13.6. The number of amides is 2. The highest BCUT2D eigenvalue weighted by Gasteiger charge is 2.08. The number of nitrogens with one attached hydrogen (secondary N) is 1. The van der Waals surface area contributed by atoms with Gasteiger partial charge in [0.25, 0.3) is 5.91 Å². The van der Waals surface area contributed by atoms with Gasteiger partial charge in [0.2, 0.25) is 5.91 Å². The lowest BCUT2D eigenvalue weighted by Crippen LogP contribution is -2.26. The molecule has 0 radical (unpaired) electrons. The van der Waals surface area contributed by atoms with Gasteiger partial charge in [0.15, 0.2) is 0 Å². The minimum atomic E-state index is -0.549. The smallest absolute Gasteiger partial charge is 0.251 e. The fourth-order valence-corrected chi connectivity index (χ4v) is 2.47. The Morgan fingerprint density at radius 2 is 1.80 bits per heavy atom. The van der Waals surface area contributed by atoms with Crippen LogP contribution in [0.3, 0.4) is 0 Å². The summed E-state index contributed by atoms with van der Waals surface area (Å²) in [5.41, 5.74) is 8.07. The van der Waals surface area contributed by atoms with Gasteiger partial charge < -0.3 is 11.1 Å². The second-order valence-electron chi connectivity index (χ2n) is 5.57. The molecule has 2 amide bonds. The van der Waals surface area contributed by atoms with Crippen molar-refractivity contribution in [2.75, 3.05) is 6.54 Å². The zero-order valence-electron chi connectivity index (χ0n) is 13.6. The van der Waals surface area contributed by atoms with Gasteiger partial charge in [0, 0.05) is 30.1 Å². The number of primary amides is 1. The molecule has 3 aromatic rings. The molecule has 3 N–H and O–H groups in total. The SMILES string of the molecule is NC(=O)c1cccc(C(=O)NCCc2ccc(-n3cccn3)cc2)c1. The number of hydrogen-bond donors (Lipinski definition) is 2. The molecule has 0 aliphatic heterocycles. The van der Waals surface area contributed by atoms with Gasteiger partial charge in [-0.2, -0.15) is 5.10 Å². The highest BCUT2D eigenvalue weighted by molar-refractivity contribution is 5.99. The Hall–Kier alpha value is -3.41.